The monoisotopic (exact) mass is 199 g/mol. The Kier molecular flexibility index (Phi) is 4.35. The van der Waals surface area contributed by atoms with Gasteiger partial charge in [0.2, 0.25) is 0 Å². The summed E-state index contributed by atoms with van der Waals surface area (Å²) >= 11 is 1.65. The lowest BCUT2D eigenvalue weighted by Gasteiger charge is -2.15. The van der Waals surface area contributed by atoms with E-state index in [1.165, 1.54) is 0 Å². The maximum absolute atomic E-state index is 5.49. The molecule has 3 nitrogen and oxygen atoms in total. The molecule has 0 spiro atoms. The molecule has 0 radical (unpaired) electrons. The summed E-state index contributed by atoms with van der Waals surface area (Å²) < 4.78 is 0. The number of aromatic nitrogens is 1. The lowest BCUT2D eigenvalue weighted by molar-refractivity contribution is 0.292. The largest absolute Gasteiger partial charge is 0.325 e. The highest BCUT2D eigenvalue weighted by Gasteiger charge is 2.04. The third-order valence-corrected chi connectivity index (χ3v) is 2.97. The van der Waals surface area contributed by atoms with Gasteiger partial charge < -0.3 is 5.73 Å². The zero-order valence-electron chi connectivity index (χ0n) is 8.29. The van der Waals surface area contributed by atoms with Crippen LogP contribution in [0.1, 0.15) is 24.5 Å². The van der Waals surface area contributed by atoms with E-state index >= 15 is 0 Å². The minimum atomic E-state index is 0.558. The fourth-order valence-electron chi connectivity index (χ4n) is 1.19. The first-order chi connectivity index (χ1) is 6.30. The zero-order chi connectivity index (χ0) is 9.68. The smallest absolute Gasteiger partial charge is 0.106 e. The van der Waals surface area contributed by atoms with Gasteiger partial charge >= 0.3 is 0 Å². The quantitative estimate of drug-likeness (QED) is 0.780. The lowest BCUT2D eigenvalue weighted by Crippen LogP contribution is -2.22. The summed E-state index contributed by atoms with van der Waals surface area (Å²) in [5, 5.41) is 3.13. The van der Waals surface area contributed by atoms with Gasteiger partial charge in [0, 0.05) is 18.5 Å². The van der Waals surface area contributed by atoms with Gasteiger partial charge in [-0.2, -0.15) is 0 Å². The lowest BCUT2D eigenvalue weighted by atomic mass is 10.4. The van der Waals surface area contributed by atoms with Crippen molar-refractivity contribution in [2.24, 2.45) is 5.73 Å². The Labute approximate surface area is 83.6 Å². The minimum absolute atomic E-state index is 0.558. The first kappa shape index (κ1) is 10.6. The molecule has 0 bridgehead atoms. The Balaban J connectivity index is 2.52. The normalized spacial score (nSPS) is 11.1. The van der Waals surface area contributed by atoms with E-state index < -0.39 is 0 Å². The summed E-state index contributed by atoms with van der Waals surface area (Å²) in [6.45, 7) is 7.99. The van der Waals surface area contributed by atoms with Crippen molar-refractivity contribution in [2.75, 3.05) is 13.1 Å². The molecule has 0 unspecified atom stereocenters. The fraction of sp³-hybridized carbons (Fsp3) is 0.667. The van der Waals surface area contributed by atoms with Crippen molar-refractivity contribution in [3.05, 3.63) is 16.1 Å². The van der Waals surface area contributed by atoms with Gasteiger partial charge in [-0.3, -0.25) is 4.90 Å². The minimum Gasteiger partial charge on any atom is -0.325 e. The topological polar surface area (TPSA) is 42.1 Å². The van der Waals surface area contributed by atoms with Crippen molar-refractivity contribution in [1.29, 1.82) is 0 Å². The molecule has 0 aliphatic heterocycles. The van der Waals surface area contributed by atoms with E-state index in [0.29, 0.717) is 6.54 Å². The summed E-state index contributed by atoms with van der Waals surface area (Å²) in [6, 6.07) is 0. The molecule has 0 saturated heterocycles. The van der Waals surface area contributed by atoms with Crippen molar-refractivity contribution in [3.8, 4) is 0 Å². The van der Waals surface area contributed by atoms with E-state index in [1.807, 2.05) is 0 Å². The molecule has 0 fully saturated rings. The predicted molar refractivity (Wildman–Crippen MR) is 56.6 cm³/mol. The average molecular weight is 199 g/mol. The zero-order valence-corrected chi connectivity index (χ0v) is 9.10. The summed E-state index contributed by atoms with van der Waals surface area (Å²) in [5.41, 5.74) is 6.64. The molecule has 1 aromatic rings. The van der Waals surface area contributed by atoms with Gasteiger partial charge in [-0.15, -0.1) is 11.3 Å². The third kappa shape index (κ3) is 3.06. The number of rotatable bonds is 5. The van der Waals surface area contributed by atoms with Gasteiger partial charge in [0.1, 0.15) is 5.01 Å². The Morgan fingerprint density at radius 3 is 2.62 bits per heavy atom. The maximum Gasteiger partial charge on any atom is 0.106 e. The molecule has 2 N–H and O–H groups in total. The summed E-state index contributed by atoms with van der Waals surface area (Å²) in [6.07, 6.45) is 0. The molecule has 4 heteroatoms. The van der Waals surface area contributed by atoms with Crippen molar-refractivity contribution in [2.45, 2.75) is 26.9 Å². The highest BCUT2D eigenvalue weighted by Crippen LogP contribution is 2.10. The van der Waals surface area contributed by atoms with Crippen LogP contribution in [0.15, 0.2) is 5.38 Å². The second-order valence-electron chi connectivity index (χ2n) is 2.90. The van der Waals surface area contributed by atoms with E-state index in [-0.39, 0.29) is 0 Å². The average Bonchev–Trinajstić information content (AvgIpc) is 2.61. The van der Waals surface area contributed by atoms with Crippen molar-refractivity contribution in [1.82, 2.24) is 9.88 Å². The molecule has 0 aliphatic carbocycles. The number of thiazole rings is 1. The van der Waals surface area contributed by atoms with Gasteiger partial charge in [0.15, 0.2) is 0 Å². The molecule has 1 aromatic heterocycles. The van der Waals surface area contributed by atoms with E-state index in [2.05, 4.69) is 29.1 Å². The molecule has 13 heavy (non-hydrogen) atoms. The number of nitrogens with zero attached hydrogens (tertiary/aromatic N) is 2. The van der Waals surface area contributed by atoms with Crippen LogP contribution in [0, 0.1) is 0 Å². The molecule has 1 heterocycles. The molecule has 0 atom stereocenters. The van der Waals surface area contributed by atoms with Crippen LogP contribution in [0.5, 0.6) is 0 Å². The second-order valence-corrected chi connectivity index (χ2v) is 3.84. The van der Waals surface area contributed by atoms with Crippen molar-refractivity contribution < 1.29 is 0 Å². The molecular formula is C9H17N3S. The number of hydrogen-bond donors (Lipinski definition) is 1. The van der Waals surface area contributed by atoms with Crippen LogP contribution < -0.4 is 5.73 Å². The fourth-order valence-corrected chi connectivity index (χ4v) is 1.86. The van der Waals surface area contributed by atoms with E-state index in [9.17, 15) is 0 Å². The SMILES string of the molecule is CCN(CC)Cc1csc(CN)n1. The molecular weight excluding hydrogens is 182 g/mol. The van der Waals surface area contributed by atoms with Crippen LogP contribution in [0.3, 0.4) is 0 Å². The second kappa shape index (κ2) is 5.32. The van der Waals surface area contributed by atoms with E-state index in [4.69, 9.17) is 5.73 Å². The Bertz CT molecular complexity index is 243. The van der Waals surface area contributed by atoms with Gasteiger partial charge in [-0.25, -0.2) is 4.98 Å². The molecule has 0 aromatic carbocycles. The molecule has 0 saturated carbocycles. The standard InChI is InChI=1S/C9H17N3S/c1-3-12(4-2)6-8-7-13-9(5-10)11-8/h7H,3-6,10H2,1-2H3. The summed E-state index contributed by atoms with van der Waals surface area (Å²) in [4.78, 5) is 6.76. The molecule has 0 amide bonds. The van der Waals surface area contributed by atoms with Crippen molar-refractivity contribution >= 4 is 11.3 Å². The third-order valence-electron chi connectivity index (χ3n) is 2.05. The number of hydrogen-bond acceptors (Lipinski definition) is 4. The predicted octanol–water partition coefficient (Wildman–Crippen LogP) is 1.44. The van der Waals surface area contributed by atoms with Crippen LogP contribution in [0.2, 0.25) is 0 Å². The molecule has 0 aliphatic rings. The highest BCUT2D eigenvalue weighted by molar-refractivity contribution is 7.09. The van der Waals surface area contributed by atoms with Crippen LogP contribution in [-0.2, 0) is 13.1 Å². The summed E-state index contributed by atoms with van der Waals surface area (Å²) in [5.74, 6) is 0. The van der Waals surface area contributed by atoms with Crippen LogP contribution >= 0.6 is 11.3 Å². The first-order valence-corrected chi connectivity index (χ1v) is 5.53. The summed E-state index contributed by atoms with van der Waals surface area (Å²) in [7, 11) is 0. The first-order valence-electron chi connectivity index (χ1n) is 4.65. The maximum atomic E-state index is 5.49. The van der Waals surface area contributed by atoms with Gasteiger partial charge in [-0.05, 0) is 13.1 Å². The molecule has 1 rings (SSSR count). The van der Waals surface area contributed by atoms with E-state index in [1.54, 1.807) is 11.3 Å². The Hall–Kier alpha value is -0.450. The van der Waals surface area contributed by atoms with E-state index in [0.717, 1.165) is 30.3 Å². The van der Waals surface area contributed by atoms with Gasteiger partial charge in [-0.1, -0.05) is 13.8 Å². The van der Waals surface area contributed by atoms with Crippen LogP contribution in [-0.4, -0.2) is 23.0 Å². The highest BCUT2D eigenvalue weighted by atomic mass is 32.1. The Morgan fingerprint density at radius 1 is 1.46 bits per heavy atom. The van der Waals surface area contributed by atoms with Crippen LogP contribution in [0.25, 0.3) is 0 Å². The van der Waals surface area contributed by atoms with Gasteiger partial charge in [0.25, 0.3) is 0 Å². The number of nitrogens with two attached hydrogens (primary N) is 1. The van der Waals surface area contributed by atoms with Gasteiger partial charge in [0.05, 0.1) is 5.69 Å². The van der Waals surface area contributed by atoms with Crippen molar-refractivity contribution in [3.63, 3.8) is 0 Å². The van der Waals surface area contributed by atoms with Crippen LogP contribution in [0.4, 0.5) is 0 Å². The Morgan fingerprint density at radius 2 is 2.15 bits per heavy atom. The molecule has 74 valence electrons.